The average molecular weight is 512 g/mol. The molecule has 1 fully saturated rings. The Kier molecular flexibility index (Phi) is 6.71. The molecule has 3 aromatic rings. The Morgan fingerprint density at radius 3 is 2.71 bits per heavy atom. The van der Waals surface area contributed by atoms with Crippen LogP contribution in [0.2, 0.25) is 5.15 Å². The van der Waals surface area contributed by atoms with Gasteiger partial charge in [-0.15, -0.1) is 11.3 Å². The van der Waals surface area contributed by atoms with Crippen LogP contribution in [0.15, 0.2) is 24.5 Å². The van der Waals surface area contributed by atoms with Gasteiger partial charge in [0.25, 0.3) is 5.91 Å². The van der Waals surface area contributed by atoms with Gasteiger partial charge in [0.05, 0.1) is 24.6 Å². The molecule has 10 heteroatoms. The molecule has 0 spiro atoms. The number of hydrogen-bond donors (Lipinski definition) is 2. The molecule has 5 rings (SSSR count). The quantitative estimate of drug-likeness (QED) is 0.468. The van der Waals surface area contributed by atoms with Crippen molar-refractivity contribution >= 4 is 39.9 Å². The smallest absolute Gasteiger partial charge is 0.259 e. The minimum Gasteiger partial charge on any atom is -0.494 e. The fourth-order valence-corrected chi connectivity index (χ4v) is 5.68. The maximum atomic E-state index is 13.3. The SMILES string of the molecule is COc1cnc(Cl)cc1-c1cc(C)ncc1C(=O)Nc1nc2c(s1)C[C@@H](C(=O)NC1CCC1)CC2. The lowest BCUT2D eigenvalue weighted by atomic mass is 9.88. The Balaban J connectivity index is 1.35. The van der Waals surface area contributed by atoms with Gasteiger partial charge in [-0.2, -0.15) is 0 Å². The largest absolute Gasteiger partial charge is 0.494 e. The van der Waals surface area contributed by atoms with Gasteiger partial charge in [0.15, 0.2) is 5.13 Å². The highest BCUT2D eigenvalue weighted by Crippen LogP contribution is 2.36. The van der Waals surface area contributed by atoms with Gasteiger partial charge >= 0.3 is 0 Å². The molecule has 0 aliphatic heterocycles. The van der Waals surface area contributed by atoms with Crippen molar-refractivity contribution in [2.45, 2.75) is 51.5 Å². The number of carbonyl (C=O) groups is 2. The summed E-state index contributed by atoms with van der Waals surface area (Å²) in [6, 6.07) is 3.83. The number of fused-ring (bicyclic) bond motifs is 1. The molecule has 2 amide bonds. The maximum Gasteiger partial charge on any atom is 0.259 e. The third kappa shape index (κ3) is 5.01. The molecule has 0 bridgehead atoms. The minimum atomic E-state index is -0.326. The molecule has 1 atom stereocenters. The Hall–Kier alpha value is -3.04. The minimum absolute atomic E-state index is 0.0380. The van der Waals surface area contributed by atoms with E-state index in [1.165, 1.54) is 24.0 Å². The third-order valence-electron chi connectivity index (χ3n) is 6.61. The Morgan fingerprint density at radius 1 is 1.14 bits per heavy atom. The van der Waals surface area contributed by atoms with E-state index in [-0.39, 0.29) is 17.7 Å². The van der Waals surface area contributed by atoms with E-state index in [1.54, 1.807) is 19.4 Å². The van der Waals surface area contributed by atoms with Crippen molar-refractivity contribution in [2.75, 3.05) is 12.4 Å². The number of rotatable bonds is 6. The molecule has 3 heterocycles. The number of methoxy groups -OCH3 is 1. The summed E-state index contributed by atoms with van der Waals surface area (Å²) in [7, 11) is 1.54. The Morgan fingerprint density at radius 2 is 1.97 bits per heavy atom. The molecular weight excluding hydrogens is 486 g/mol. The fourth-order valence-electron chi connectivity index (χ4n) is 4.44. The topological polar surface area (TPSA) is 106 Å². The second kappa shape index (κ2) is 9.91. The van der Waals surface area contributed by atoms with Crippen molar-refractivity contribution in [3.05, 3.63) is 51.5 Å². The van der Waals surface area contributed by atoms with Crippen LogP contribution in [-0.2, 0) is 17.6 Å². The number of hydrogen-bond acceptors (Lipinski definition) is 7. The lowest BCUT2D eigenvalue weighted by Crippen LogP contribution is -2.43. The summed E-state index contributed by atoms with van der Waals surface area (Å²) in [6.45, 7) is 1.85. The van der Waals surface area contributed by atoms with Crippen LogP contribution >= 0.6 is 22.9 Å². The maximum absolute atomic E-state index is 13.3. The van der Waals surface area contributed by atoms with Crippen molar-refractivity contribution < 1.29 is 14.3 Å². The van der Waals surface area contributed by atoms with Gasteiger partial charge in [-0.05, 0) is 57.6 Å². The standard InChI is InChI=1S/C25H26ClN5O3S/c1-13-8-16(17-10-22(26)28-12-20(17)34-2)18(11-27-13)24(33)31-25-30-19-7-6-14(9-21(19)35-25)23(32)29-15-4-3-5-15/h8,10-12,14-15H,3-7,9H2,1-2H3,(H,29,32)(H,30,31,33)/t14-/m0/s1. The highest BCUT2D eigenvalue weighted by Gasteiger charge is 2.30. The number of aryl methyl sites for hydroxylation is 2. The number of thiazole rings is 1. The first kappa shape index (κ1) is 23.7. The number of amides is 2. The number of halogens is 1. The third-order valence-corrected chi connectivity index (χ3v) is 7.85. The molecule has 0 unspecified atom stereocenters. The molecule has 0 saturated heterocycles. The highest BCUT2D eigenvalue weighted by molar-refractivity contribution is 7.15. The van der Waals surface area contributed by atoms with E-state index in [4.69, 9.17) is 16.3 Å². The molecule has 0 aromatic carbocycles. The number of carbonyl (C=O) groups excluding carboxylic acids is 2. The summed E-state index contributed by atoms with van der Waals surface area (Å²) in [5.41, 5.74) is 3.39. The van der Waals surface area contributed by atoms with Crippen LogP contribution in [-0.4, -0.2) is 39.9 Å². The summed E-state index contributed by atoms with van der Waals surface area (Å²) < 4.78 is 5.45. The number of nitrogens with zero attached hydrogens (tertiary/aromatic N) is 3. The Bertz CT molecular complexity index is 1290. The first-order valence-electron chi connectivity index (χ1n) is 11.7. The summed E-state index contributed by atoms with van der Waals surface area (Å²) in [5.74, 6) is 0.279. The van der Waals surface area contributed by atoms with E-state index < -0.39 is 0 Å². The van der Waals surface area contributed by atoms with Crippen molar-refractivity contribution in [3.63, 3.8) is 0 Å². The van der Waals surface area contributed by atoms with Crippen LogP contribution < -0.4 is 15.4 Å². The number of pyridine rings is 2. The van der Waals surface area contributed by atoms with Gasteiger partial charge in [-0.1, -0.05) is 11.6 Å². The van der Waals surface area contributed by atoms with E-state index in [9.17, 15) is 9.59 Å². The number of anilines is 1. The summed E-state index contributed by atoms with van der Waals surface area (Å²) in [4.78, 5) is 40.0. The number of ether oxygens (including phenoxy) is 1. The molecule has 0 radical (unpaired) electrons. The molecule has 8 nitrogen and oxygen atoms in total. The van der Waals surface area contributed by atoms with Crippen molar-refractivity contribution in [3.8, 4) is 16.9 Å². The van der Waals surface area contributed by atoms with Gasteiger partial charge in [-0.25, -0.2) is 9.97 Å². The summed E-state index contributed by atoms with van der Waals surface area (Å²) >= 11 is 7.57. The van der Waals surface area contributed by atoms with Crippen molar-refractivity contribution in [1.29, 1.82) is 0 Å². The number of aromatic nitrogens is 3. The molecule has 182 valence electrons. The van der Waals surface area contributed by atoms with E-state index in [0.29, 0.717) is 45.2 Å². The lowest BCUT2D eigenvalue weighted by molar-refractivity contribution is -0.126. The zero-order valence-corrected chi connectivity index (χ0v) is 21.1. The van der Waals surface area contributed by atoms with E-state index >= 15 is 0 Å². The van der Waals surface area contributed by atoms with Crippen LogP contribution in [0.4, 0.5) is 5.13 Å². The Labute approximate surface area is 212 Å². The zero-order chi connectivity index (χ0) is 24.5. The van der Waals surface area contributed by atoms with Gasteiger partial charge in [-0.3, -0.25) is 19.9 Å². The molecular formula is C25H26ClN5O3S. The van der Waals surface area contributed by atoms with Crippen LogP contribution in [0.1, 0.15) is 52.3 Å². The molecule has 2 aliphatic rings. The normalized spacial score (nSPS) is 17.3. The first-order chi connectivity index (χ1) is 16.9. The lowest BCUT2D eigenvalue weighted by Gasteiger charge is -2.29. The first-order valence-corrected chi connectivity index (χ1v) is 12.9. The predicted molar refractivity (Wildman–Crippen MR) is 135 cm³/mol. The van der Waals surface area contributed by atoms with E-state index in [1.807, 2.05) is 13.0 Å². The molecule has 3 aromatic heterocycles. The van der Waals surface area contributed by atoms with Crippen molar-refractivity contribution in [1.82, 2.24) is 20.3 Å². The monoisotopic (exact) mass is 511 g/mol. The highest BCUT2D eigenvalue weighted by atomic mass is 35.5. The molecule has 2 aliphatic carbocycles. The molecule has 1 saturated carbocycles. The zero-order valence-electron chi connectivity index (χ0n) is 19.6. The average Bonchev–Trinajstić information content (AvgIpc) is 3.22. The summed E-state index contributed by atoms with van der Waals surface area (Å²) in [6.07, 6.45) is 8.58. The molecule has 35 heavy (non-hydrogen) atoms. The van der Waals surface area contributed by atoms with Crippen LogP contribution in [0.5, 0.6) is 5.75 Å². The van der Waals surface area contributed by atoms with E-state index in [2.05, 4.69) is 25.6 Å². The van der Waals surface area contributed by atoms with Gasteiger partial charge in [0.1, 0.15) is 10.9 Å². The second-order valence-electron chi connectivity index (χ2n) is 9.00. The second-order valence-corrected chi connectivity index (χ2v) is 10.5. The van der Waals surface area contributed by atoms with Crippen LogP contribution in [0.25, 0.3) is 11.1 Å². The van der Waals surface area contributed by atoms with E-state index in [0.717, 1.165) is 41.9 Å². The fraction of sp³-hybridized carbons (Fsp3) is 0.400. The number of nitrogens with one attached hydrogen (secondary N) is 2. The van der Waals surface area contributed by atoms with Crippen molar-refractivity contribution in [2.24, 2.45) is 5.92 Å². The van der Waals surface area contributed by atoms with Gasteiger partial charge < -0.3 is 10.1 Å². The van der Waals surface area contributed by atoms with Crippen LogP contribution in [0, 0.1) is 12.8 Å². The van der Waals surface area contributed by atoms with Gasteiger partial charge in [0, 0.05) is 39.9 Å². The summed E-state index contributed by atoms with van der Waals surface area (Å²) in [5, 5.41) is 6.91. The van der Waals surface area contributed by atoms with Crippen LogP contribution in [0.3, 0.4) is 0 Å². The molecule has 2 N–H and O–H groups in total. The van der Waals surface area contributed by atoms with Gasteiger partial charge in [0.2, 0.25) is 5.91 Å². The predicted octanol–water partition coefficient (Wildman–Crippen LogP) is 4.60.